The number of pyridine rings is 1. The van der Waals surface area contributed by atoms with Crippen molar-refractivity contribution in [2.24, 2.45) is 5.73 Å². The lowest BCUT2D eigenvalue weighted by Gasteiger charge is -2.21. The van der Waals surface area contributed by atoms with Crippen LogP contribution in [-0.2, 0) is 6.42 Å². The summed E-state index contributed by atoms with van der Waals surface area (Å²) in [6.45, 7) is 2.53. The number of nitrogens with zero attached hydrogens (tertiary/aromatic N) is 1. The molecule has 1 aromatic carbocycles. The average Bonchev–Trinajstić information content (AvgIpc) is 2.47. The van der Waals surface area contributed by atoms with Crippen molar-refractivity contribution in [1.82, 2.24) is 4.98 Å². The lowest BCUT2D eigenvalue weighted by Crippen LogP contribution is -2.26. The second-order valence-electron chi connectivity index (χ2n) is 5.22. The van der Waals surface area contributed by atoms with Gasteiger partial charge in [-0.3, -0.25) is 4.98 Å². The van der Waals surface area contributed by atoms with Crippen LogP contribution < -0.4 is 5.73 Å². The van der Waals surface area contributed by atoms with E-state index in [0.29, 0.717) is 13.0 Å². The first-order chi connectivity index (χ1) is 9.70. The van der Waals surface area contributed by atoms with Gasteiger partial charge in [-0.2, -0.15) is 0 Å². The van der Waals surface area contributed by atoms with Crippen LogP contribution in [0.1, 0.15) is 29.0 Å². The van der Waals surface area contributed by atoms with Crippen molar-refractivity contribution in [1.29, 1.82) is 0 Å². The molecule has 0 radical (unpaired) electrons. The summed E-state index contributed by atoms with van der Waals surface area (Å²) >= 11 is 0. The number of hydrogen-bond acceptors (Lipinski definition) is 3. The van der Waals surface area contributed by atoms with Crippen molar-refractivity contribution in [2.45, 2.75) is 31.8 Å². The molecule has 0 aliphatic carbocycles. The van der Waals surface area contributed by atoms with Gasteiger partial charge in [-0.25, -0.2) is 0 Å². The number of hydrogen-bond donors (Lipinski definition) is 2. The largest absolute Gasteiger partial charge is 0.392 e. The second-order valence-corrected chi connectivity index (χ2v) is 5.22. The summed E-state index contributed by atoms with van der Waals surface area (Å²) < 4.78 is 0. The zero-order valence-electron chi connectivity index (χ0n) is 11.9. The summed E-state index contributed by atoms with van der Waals surface area (Å²) in [5, 5.41) is 10.4. The molecule has 2 unspecified atom stereocenters. The maximum atomic E-state index is 10.4. The molecule has 0 spiro atoms. The molecule has 0 aliphatic rings. The van der Waals surface area contributed by atoms with Gasteiger partial charge in [0, 0.05) is 24.9 Å². The number of aromatic nitrogens is 1. The zero-order valence-corrected chi connectivity index (χ0v) is 11.9. The highest BCUT2D eigenvalue weighted by atomic mass is 16.3. The molecule has 20 heavy (non-hydrogen) atoms. The highest BCUT2D eigenvalue weighted by Gasteiger charge is 2.19. The SMILES string of the molecule is Cc1cccc(CCC(O)C(CN)c2ccncc2)c1. The summed E-state index contributed by atoms with van der Waals surface area (Å²) in [6.07, 6.45) is 4.64. The van der Waals surface area contributed by atoms with Gasteiger partial charge >= 0.3 is 0 Å². The first-order valence-electron chi connectivity index (χ1n) is 7.04. The predicted molar refractivity (Wildman–Crippen MR) is 81.5 cm³/mol. The fourth-order valence-corrected chi connectivity index (χ4v) is 2.51. The second kappa shape index (κ2) is 7.17. The summed E-state index contributed by atoms with van der Waals surface area (Å²) in [6, 6.07) is 12.3. The lowest BCUT2D eigenvalue weighted by molar-refractivity contribution is 0.136. The minimum Gasteiger partial charge on any atom is -0.392 e. The molecular weight excluding hydrogens is 248 g/mol. The van der Waals surface area contributed by atoms with Gasteiger partial charge in [0.15, 0.2) is 0 Å². The van der Waals surface area contributed by atoms with E-state index in [1.807, 2.05) is 12.1 Å². The quantitative estimate of drug-likeness (QED) is 0.847. The van der Waals surface area contributed by atoms with E-state index in [1.165, 1.54) is 11.1 Å². The molecule has 106 valence electrons. The van der Waals surface area contributed by atoms with Gasteiger partial charge in [-0.15, -0.1) is 0 Å². The van der Waals surface area contributed by atoms with Gasteiger partial charge in [0.25, 0.3) is 0 Å². The van der Waals surface area contributed by atoms with Crippen molar-refractivity contribution in [2.75, 3.05) is 6.54 Å². The zero-order chi connectivity index (χ0) is 14.4. The summed E-state index contributed by atoms with van der Waals surface area (Å²) in [5.41, 5.74) is 9.38. The molecule has 0 saturated carbocycles. The third kappa shape index (κ3) is 3.89. The standard InChI is InChI=1S/C17H22N2O/c1-13-3-2-4-14(11-13)5-6-17(20)16(12-18)15-7-9-19-10-8-15/h2-4,7-11,16-17,20H,5-6,12,18H2,1H3. The molecule has 0 saturated heterocycles. The van der Waals surface area contributed by atoms with E-state index in [2.05, 4.69) is 36.2 Å². The molecule has 0 fully saturated rings. The Morgan fingerprint density at radius 2 is 1.95 bits per heavy atom. The van der Waals surface area contributed by atoms with Crippen LogP contribution in [0.15, 0.2) is 48.8 Å². The summed E-state index contributed by atoms with van der Waals surface area (Å²) in [4.78, 5) is 4.00. The van der Waals surface area contributed by atoms with E-state index in [1.54, 1.807) is 12.4 Å². The topological polar surface area (TPSA) is 59.1 Å². The number of aliphatic hydroxyl groups is 1. The van der Waals surface area contributed by atoms with E-state index < -0.39 is 6.10 Å². The Morgan fingerprint density at radius 1 is 1.20 bits per heavy atom. The Hall–Kier alpha value is -1.71. The number of nitrogens with two attached hydrogens (primary N) is 1. The molecule has 2 atom stereocenters. The van der Waals surface area contributed by atoms with Crippen LogP contribution in [0.3, 0.4) is 0 Å². The van der Waals surface area contributed by atoms with Crippen LogP contribution >= 0.6 is 0 Å². The molecule has 1 heterocycles. The van der Waals surface area contributed by atoms with Crippen molar-refractivity contribution < 1.29 is 5.11 Å². The molecule has 0 amide bonds. The molecule has 0 bridgehead atoms. The number of aliphatic hydroxyl groups excluding tert-OH is 1. The van der Waals surface area contributed by atoms with Crippen molar-refractivity contribution >= 4 is 0 Å². The molecule has 2 rings (SSSR count). The van der Waals surface area contributed by atoms with E-state index in [0.717, 1.165) is 12.0 Å². The summed E-state index contributed by atoms with van der Waals surface area (Å²) in [7, 11) is 0. The van der Waals surface area contributed by atoms with Crippen LogP contribution in [0.4, 0.5) is 0 Å². The number of benzene rings is 1. The van der Waals surface area contributed by atoms with Gasteiger partial charge in [0.05, 0.1) is 6.10 Å². The van der Waals surface area contributed by atoms with E-state index >= 15 is 0 Å². The van der Waals surface area contributed by atoms with Crippen LogP contribution in [-0.4, -0.2) is 22.7 Å². The Labute approximate surface area is 120 Å². The first-order valence-corrected chi connectivity index (χ1v) is 7.04. The van der Waals surface area contributed by atoms with Crippen molar-refractivity contribution in [3.05, 3.63) is 65.5 Å². The fourth-order valence-electron chi connectivity index (χ4n) is 2.51. The average molecular weight is 270 g/mol. The molecule has 3 nitrogen and oxygen atoms in total. The Morgan fingerprint density at radius 3 is 2.60 bits per heavy atom. The normalized spacial score (nSPS) is 13.9. The van der Waals surface area contributed by atoms with Gasteiger partial charge in [-0.1, -0.05) is 29.8 Å². The highest BCUT2D eigenvalue weighted by molar-refractivity contribution is 5.23. The van der Waals surface area contributed by atoms with Crippen LogP contribution in [0.25, 0.3) is 0 Å². The Kier molecular flexibility index (Phi) is 5.27. The fraction of sp³-hybridized carbons (Fsp3) is 0.353. The minimum atomic E-state index is -0.428. The first kappa shape index (κ1) is 14.7. The molecular formula is C17H22N2O. The maximum Gasteiger partial charge on any atom is 0.0624 e. The Balaban J connectivity index is 1.98. The van der Waals surface area contributed by atoms with Crippen molar-refractivity contribution in [3.63, 3.8) is 0 Å². The smallest absolute Gasteiger partial charge is 0.0624 e. The third-order valence-electron chi connectivity index (χ3n) is 3.66. The lowest BCUT2D eigenvalue weighted by atomic mass is 9.90. The van der Waals surface area contributed by atoms with Crippen LogP contribution in [0, 0.1) is 6.92 Å². The number of rotatable bonds is 6. The van der Waals surface area contributed by atoms with Gasteiger partial charge in [0.1, 0.15) is 0 Å². The van der Waals surface area contributed by atoms with Gasteiger partial charge < -0.3 is 10.8 Å². The Bertz CT molecular complexity index is 528. The summed E-state index contributed by atoms with van der Waals surface area (Å²) in [5.74, 6) is -0.0252. The van der Waals surface area contributed by atoms with E-state index in [-0.39, 0.29) is 5.92 Å². The minimum absolute atomic E-state index is 0.0252. The molecule has 1 aromatic heterocycles. The van der Waals surface area contributed by atoms with Crippen molar-refractivity contribution in [3.8, 4) is 0 Å². The predicted octanol–water partition coefficient (Wildman–Crippen LogP) is 2.43. The van der Waals surface area contributed by atoms with Gasteiger partial charge in [-0.05, 0) is 43.0 Å². The molecule has 3 N–H and O–H groups in total. The monoisotopic (exact) mass is 270 g/mol. The molecule has 2 aromatic rings. The van der Waals surface area contributed by atoms with Crippen LogP contribution in [0.5, 0.6) is 0 Å². The number of aryl methyl sites for hydroxylation is 2. The third-order valence-corrected chi connectivity index (χ3v) is 3.66. The highest BCUT2D eigenvalue weighted by Crippen LogP contribution is 2.21. The molecule has 3 heteroatoms. The van der Waals surface area contributed by atoms with E-state index in [4.69, 9.17) is 5.73 Å². The van der Waals surface area contributed by atoms with E-state index in [9.17, 15) is 5.11 Å². The van der Waals surface area contributed by atoms with Gasteiger partial charge in [0.2, 0.25) is 0 Å². The van der Waals surface area contributed by atoms with Crippen LogP contribution in [0.2, 0.25) is 0 Å². The maximum absolute atomic E-state index is 10.4. The molecule has 0 aliphatic heterocycles.